The van der Waals surface area contributed by atoms with Crippen molar-refractivity contribution in [3.8, 4) is 0 Å². The van der Waals surface area contributed by atoms with Crippen molar-refractivity contribution in [3.05, 3.63) is 27.4 Å². The molecule has 1 aromatic rings. The molecule has 3 heteroatoms. The largest absolute Gasteiger partial charge is 0.257 e. The van der Waals surface area contributed by atoms with Gasteiger partial charge in [0.15, 0.2) is 0 Å². The van der Waals surface area contributed by atoms with Crippen LogP contribution >= 0.6 is 0 Å². The molecule has 0 aliphatic heterocycles. The molecule has 0 aliphatic rings. The lowest BCUT2D eigenvalue weighted by Crippen LogP contribution is -2.01. The number of nitroso groups, excluding NO2 is 1. The summed E-state index contributed by atoms with van der Waals surface area (Å²) in [5.41, 5.74) is 4.23. The third-order valence-corrected chi connectivity index (χ3v) is 2.56. The van der Waals surface area contributed by atoms with E-state index in [1.807, 2.05) is 20.8 Å². The van der Waals surface area contributed by atoms with E-state index in [-0.39, 0.29) is 0 Å². The molecule has 0 aliphatic carbocycles. The van der Waals surface area contributed by atoms with E-state index in [1.165, 1.54) is 0 Å². The van der Waals surface area contributed by atoms with Crippen molar-refractivity contribution in [3.63, 3.8) is 0 Å². The Morgan fingerprint density at radius 1 is 1.14 bits per heavy atom. The zero-order valence-electron chi connectivity index (χ0n) is 9.38. The van der Waals surface area contributed by atoms with Gasteiger partial charge in [-0.2, -0.15) is 0 Å². The molecule has 1 heterocycles. The molecular weight excluding hydrogens is 176 g/mol. The summed E-state index contributed by atoms with van der Waals surface area (Å²) in [6.45, 7) is 9.84. The van der Waals surface area contributed by atoms with Gasteiger partial charge < -0.3 is 0 Å². The maximum atomic E-state index is 10.7. The second kappa shape index (κ2) is 3.86. The van der Waals surface area contributed by atoms with E-state index in [0.717, 1.165) is 22.5 Å². The van der Waals surface area contributed by atoms with Gasteiger partial charge in [0.25, 0.3) is 0 Å². The standard InChI is InChI=1S/C11H16N2O/c1-6(2)10-8(4)11(13-14)7(3)9(5)12-10/h6H,1-5H3. The van der Waals surface area contributed by atoms with Gasteiger partial charge in [-0.05, 0) is 37.4 Å². The zero-order valence-corrected chi connectivity index (χ0v) is 9.38. The molecule has 14 heavy (non-hydrogen) atoms. The summed E-state index contributed by atoms with van der Waals surface area (Å²) in [5.74, 6) is 0.329. The molecule has 0 atom stereocenters. The van der Waals surface area contributed by atoms with Crippen molar-refractivity contribution in [2.24, 2.45) is 5.18 Å². The van der Waals surface area contributed by atoms with E-state index >= 15 is 0 Å². The fraction of sp³-hybridized carbons (Fsp3) is 0.545. The molecule has 0 bridgehead atoms. The fourth-order valence-corrected chi connectivity index (χ4v) is 1.62. The van der Waals surface area contributed by atoms with Gasteiger partial charge in [0.05, 0.1) is 0 Å². The number of hydrogen-bond donors (Lipinski definition) is 0. The predicted octanol–water partition coefficient (Wildman–Crippen LogP) is 3.53. The lowest BCUT2D eigenvalue weighted by molar-refractivity contribution is 0.801. The third-order valence-electron chi connectivity index (χ3n) is 2.56. The van der Waals surface area contributed by atoms with E-state index in [2.05, 4.69) is 24.0 Å². The Bertz CT molecular complexity index is 370. The minimum absolute atomic E-state index is 0.329. The van der Waals surface area contributed by atoms with Crippen LogP contribution < -0.4 is 0 Å². The summed E-state index contributed by atoms with van der Waals surface area (Å²) in [6, 6.07) is 0. The third kappa shape index (κ3) is 1.67. The van der Waals surface area contributed by atoms with Crippen molar-refractivity contribution in [1.29, 1.82) is 0 Å². The number of aromatic nitrogens is 1. The first-order valence-electron chi connectivity index (χ1n) is 4.80. The van der Waals surface area contributed by atoms with Crippen LogP contribution in [0.25, 0.3) is 0 Å². The smallest absolute Gasteiger partial charge is 0.117 e. The normalized spacial score (nSPS) is 10.7. The second-order valence-corrected chi connectivity index (χ2v) is 3.93. The van der Waals surface area contributed by atoms with E-state index in [9.17, 15) is 4.91 Å². The monoisotopic (exact) mass is 192 g/mol. The Labute approximate surface area is 84.5 Å². The fourth-order valence-electron chi connectivity index (χ4n) is 1.62. The molecule has 0 saturated carbocycles. The molecule has 3 nitrogen and oxygen atoms in total. The number of rotatable bonds is 2. The van der Waals surface area contributed by atoms with E-state index < -0.39 is 0 Å². The Morgan fingerprint density at radius 2 is 1.71 bits per heavy atom. The molecular formula is C11H16N2O. The van der Waals surface area contributed by atoms with Crippen LogP contribution in [0.2, 0.25) is 0 Å². The summed E-state index contributed by atoms with van der Waals surface area (Å²) in [7, 11) is 0. The molecule has 0 fully saturated rings. The van der Waals surface area contributed by atoms with Crippen LogP contribution in [0.1, 0.15) is 42.3 Å². The van der Waals surface area contributed by atoms with Gasteiger partial charge in [-0.3, -0.25) is 4.98 Å². The summed E-state index contributed by atoms with van der Waals surface area (Å²) >= 11 is 0. The molecule has 0 aromatic carbocycles. The van der Waals surface area contributed by atoms with Gasteiger partial charge in [-0.15, -0.1) is 4.91 Å². The van der Waals surface area contributed by atoms with Gasteiger partial charge in [0.1, 0.15) is 5.69 Å². The van der Waals surface area contributed by atoms with Gasteiger partial charge in [-0.25, -0.2) is 0 Å². The van der Waals surface area contributed by atoms with Crippen LogP contribution in [0.15, 0.2) is 5.18 Å². The van der Waals surface area contributed by atoms with E-state index in [0.29, 0.717) is 11.6 Å². The van der Waals surface area contributed by atoms with Gasteiger partial charge in [-0.1, -0.05) is 13.8 Å². The van der Waals surface area contributed by atoms with Crippen molar-refractivity contribution in [2.45, 2.75) is 40.5 Å². The topological polar surface area (TPSA) is 42.3 Å². The average Bonchev–Trinajstić information content (AvgIpc) is 2.12. The highest BCUT2D eigenvalue weighted by Gasteiger charge is 2.14. The van der Waals surface area contributed by atoms with Crippen LogP contribution in [-0.2, 0) is 0 Å². The SMILES string of the molecule is Cc1nc(C(C)C)c(C)c(N=O)c1C. The van der Waals surface area contributed by atoms with Crippen molar-refractivity contribution >= 4 is 5.69 Å². The summed E-state index contributed by atoms with van der Waals surface area (Å²) in [4.78, 5) is 15.2. The highest BCUT2D eigenvalue weighted by atomic mass is 16.3. The lowest BCUT2D eigenvalue weighted by atomic mass is 10.00. The maximum Gasteiger partial charge on any atom is 0.117 e. The minimum atomic E-state index is 0.329. The number of pyridine rings is 1. The maximum absolute atomic E-state index is 10.7. The summed E-state index contributed by atoms with van der Waals surface area (Å²) < 4.78 is 0. The second-order valence-electron chi connectivity index (χ2n) is 3.93. The first-order chi connectivity index (χ1) is 6.49. The molecule has 76 valence electrons. The summed E-state index contributed by atoms with van der Waals surface area (Å²) in [6.07, 6.45) is 0. The van der Waals surface area contributed by atoms with E-state index in [1.54, 1.807) is 0 Å². The minimum Gasteiger partial charge on any atom is -0.257 e. The number of hydrogen-bond acceptors (Lipinski definition) is 3. The van der Waals surface area contributed by atoms with Gasteiger partial charge in [0.2, 0.25) is 0 Å². The Kier molecular flexibility index (Phi) is 2.99. The van der Waals surface area contributed by atoms with E-state index in [4.69, 9.17) is 0 Å². The van der Waals surface area contributed by atoms with Crippen LogP contribution in [-0.4, -0.2) is 4.98 Å². The molecule has 1 aromatic heterocycles. The Hall–Kier alpha value is -1.25. The quantitative estimate of drug-likeness (QED) is 0.673. The van der Waals surface area contributed by atoms with Gasteiger partial charge in [0, 0.05) is 17.0 Å². The highest BCUT2D eigenvalue weighted by molar-refractivity contribution is 5.55. The average molecular weight is 192 g/mol. The van der Waals surface area contributed by atoms with Gasteiger partial charge >= 0.3 is 0 Å². The zero-order chi connectivity index (χ0) is 10.9. The molecule has 0 saturated heterocycles. The summed E-state index contributed by atoms with van der Waals surface area (Å²) in [5, 5.41) is 3.08. The number of nitrogens with zero attached hydrogens (tertiary/aromatic N) is 2. The molecule has 0 unspecified atom stereocenters. The Balaban J connectivity index is 3.50. The number of aryl methyl sites for hydroxylation is 1. The predicted molar refractivity (Wildman–Crippen MR) is 58.0 cm³/mol. The molecule has 0 N–H and O–H groups in total. The van der Waals surface area contributed by atoms with Crippen molar-refractivity contribution in [2.75, 3.05) is 0 Å². The van der Waals surface area contributed by atoms with Crippen LogP contribution in [0, 0.1) is 25.7 Å². The molecule has 0 amide bonds. The highest BCUT2D eigenvalue weighted by Crippen LogP contribution is 2.30. The van der Waals surface area contributed by atoms with Crippen molar-refractivity contribution in [1.82, 2.24) is 4.98 Å². The van der Waals surface area contributed by atoms with Crippen LogP contribution in [0.3, 0.4) is 0 Å². The lowest BCUT2D eigenvalue weighted by Gasteiger charge is -2.13. The van der Waals surface area contributed by atoms with Crippen LogP contribution in [0.4, 0.5) is 5.69 Å². The van der Waals surface area contributed by atoms with Crippen LogP contribution in [0.5, 0.6) is 0 Å². The first kappa shape index (κ1) is 10.8. The Morgan fingerprint density at radius 3 is 2.14 bits per heavy atom. The first-order valence-corrected chi connectivity index (χ1v) is 4.80. The molecule has 0 spiro atoms. The molecule has 1 rings (SSSR count). The van der Waals surface area contributed by atoms with Crippen molar-refractivity contribution < 1.29 is 0 Å². The molecule has 0 radical (unpaired) electrons.